The lowest BCUT2D eigenvalue weighted by molar-refractivity contribution is -0.121. The second-order valence-electron chi connectivity index (χ2n) is 8.23. The quantitative estimate of drug-likeness (QED) is 0.631. The van der Waals surface area contributed by atoms with Gasteiger partial charge in [0.1, 0.15) is 0 Å². The molecule has 2 amide bonds. The minimum absolute atomic E-state index is 0.0700. The first-order chi connectivity index (χ1) is 14.9. The molecular weight excluding hydrogens is 457 g/mol. The molecule has 2 aromatic rings. The Morgan fingerprint density at radius 1 is 0.935 bits per heavy atom. The fourth-order valence-electron chi connectivity index (χ4n) is 4.63. The summed E-state index contributed by atoms with van der Waals surface area (Å²) in [5, 5.41) is 7.18. The summed E-state index contributed by atoms with van der Waals surface area (Å²) in [6.07, 6.45) is 4.16. The van der Waals surface area contributed by atoms with Gasteiger partial charge in [-0.3, -0.25) is 14.5 Å². The van der Waals surface area contributed by atoms with Crippen molar-refractivity contribution in [2.45, 2.75) is 50.4 Å². The standard InChI is InChI=1S/C23H24Cl3N3O2/c24-16-4-1-14(2-5-16)13-29-18-6-7-19(29)11-17(10-18)28-22(30)12-27-23(31)15-3-8-20(25)21(26)9-15/h1-5,8-9,17-19H,6-7,10-13H2,(H,27,31)(H,28,30)/t17-,18+,19-. The van der Waals surface area contributed by atoms with Crippen LogP contribution in [0, 0.1) is 0 Å². The molecule has 2 bridgehead atoms. The van der Waals surface area contributed by atoms with Gasteiger partial charge in [0.2, 0.25) is 5.91 Å². The summed E-state index contributed by atoms with van der Waals surface area (Å²) >= 11 is 17.8. The van der Waals surface area contributed by atoms with Gasteiger partial charge in [-0.05, 0) is 61.6 Å². The molecule has 0 aliphatic carbocycles. The molecule has 2 aromatic carbocycles. The van der Waals surface area contributed by atoms with E-state index in [0.29, 0.717) is 27.7 Å². The summed E-state index contributed by atoms with van der Waals surface area (Å²) in [5.74, 6) is -0.532. The number of amides is 2. The van der Waals surface area contributed by atoms with E-state index in [0.717, 1.165) is 37.3 Å². The Bertz CT molecular complexity index is 953. The van der Waals surface area contributed by atoms with Crippen molar-refractivity contribution in [3.05, 3.63) is 68.7 Å². The van der Waals surface area contributed by atoms with Crippen LogP contribution < -0.4 is 10.6 Å². The first kappa shape index (κ1) is 22.4. The number of hydrogen-bond donors (Lipinski definition) is 2. The smallest absolute Gasteiger partial charge is 0.251 e. The van der Waals surface area contributed by atoms with Crippen molar-refractivity contribution in [1.29, 1.82) is 0 Å². The molecule has 8 heteroatoms. The van der Waals surface area contributed by atoms with E-state index in [1.807, 2.05) is 12.1 Å². The molecule has 2 aliphatic heterocycles. The summed E-state index contributed by atoms with van der Waals surface area (Å²) in [5.41, 5.74) is 1.63. The molecule has 2 N–H and O–H groups in total. The van der Waals surface area contributed by atoms with Crippen LogP contribution in [0.1, 0.15) is 41.6 Å². The van der Waals surface area contributed by atoms with Gasteiger partial charge < -0.3 is 10.6 Å². The lowest BCUT2D eigenvalue weighted by Crippen LogP contribution is -2.51. The number of piperidine rings is 1. The largest absolute Gasteiger partial charge is 0.352 e. The van der Waals surface area contributed by atoms with E-state index in [1.165, 1.54) is 11.6 Å². The van der Waals surface area contributed by atoms with E-state index in [4.69, 9.17) is 34.8 Å². The number of carbonyl (C=O) groups excluding carboxylic acids is 2. The molecule has 0 aromatic heterocycles. The normalized spacial score (nSPS) is 22.9. The highest BCUT2D eigenvalue weighted by Gasteiger charge is 2.40. The average molecular weight is 481 g/mol. The second kappa shape index (κ2) is 9.78. The second-order valence-corrected chi connectivity index (χ2v) is 9.48. The number of carbonyl (C=O) groups is 2. The van der Waals surface area contributed by atoms with Crippen LogP contribution in [0.3, 0.4) is 0 Å². The molecule has 4 rings (SSSR count). The molecule has 0 radical (unpaired) electrons. The number of fused-ring (bicyclic) bond motifs is 2. The Kier molecular flexibility index (Phi) is 7.07. The SMILES string of the molecule is O=C(CNC(=O)c1ccc(Cl)c(Cl)c1)N[C@H]1C[C@H]2CC[C@@H](C1)N2Cc1ccc(Cl)cc1. The Morgan fingerprint density at radius 2 is 1.61 bits per heavy atom. The zero-order chi connectivity index (χ0) is 22.0. The van der Waals surface area contributed by atoms with E-state index in [-0.39, 0.29) is 24.4 Å². The molecule has 31 heavy (non-hydrogen) atoms. The number of benzene rings is 2. The average Bonchev–Trinajstić information content (AvgIpc) is 2.97. The number of rotatable bonds is 6. The summed E-state index contributed by atoms with van der Waals surface area (Å²) in [6, 6.07) is 13.7. The first-order valence-corrected chi connectivity index (χ1v) is 11.5. The fourth-order valence-corrected chi connectivity index (χ4v) is 5.05. The van der Waals surface area contributed by atoms with Crippen molar-refractivity contribution in [3.8, 4) is 0 Å². The topological polar surface area (TPSA) is 61.4 Å². The highest BCUT2D eigenvalue weighted by Crippen LogP contribution is 2.37. The summed E-state index contributed by atoms with van der Waals surface area (Å²) in [6.45, 7) is 0.840. The van der Waals surface area contributed by atoms with Gasteiger partial charge in [0.25, 0.3) is 5.91 Å². The maximum Gasteiger partial charge on any atom is 0.251 e. The lowest BCUT2D eigenvalue weighted by atomic mass is 9.96. The van der Waals surface area contributed by atoms with Crippen molar-refractivity contribution in [2.24, 2.45) is 0 Å². The molecule has 2 fully saturated rings. The number of halogens is 3. The summed E-state index contributed by atoms with van der Waals surface area (Å²) < 4.78 is 0. The van der Waals surface area contributed by atoms with Gasteiger partial charge in [0, 0.05) is 35.3 Å². The Morgan fingerprint density at radius 3 is 2.26 bits per heavy atom. The van der Waals surface area contributed by atoms with E-state index < -0.39 is 0 Å². The Labute approximate surface area is 197 Å². The minimum Gasteiger partial charge on any atom is -0.352 e. The van der Waals surface area contributed by atoms with Gasteiger partial charge in [-0.2, -0.15) is 0 Å². The van der Waals surface area contributed by atoms with Crippen molar-refractivity contribution >= 4 is 46.6 Å². The van der Waals surface area contributed by atoms with Crippen LogP contribution in [0.4, 0.5) is 0 Å². The zero-order valence-electron chi connectivity index (χ0n) is 16.9. The van der Waals surface area contributed by atoms with Gasteiger partial charge in [0.05, 0.1) is 16.6 Å². The minimum atomic E-state index is -0.355. The van der Waals surface area contributed by atoms with Crippen molar-refractivity contribution in [1.82, 2.24) is 15.5 Å². The Hall–Kier alpha value is -1.79. The monoisotopic (exact) mass is 479 g/mol. The first-order valence-electron chi connectivity index (χ1n) is 10.4. The number of nitrogens with zero attached hydrogens (tertiary/aromatic N) is 1. The summed E-state index contributed by atoms with van der Waals surface area (Å²) in [4.78, 5) is 27.2. The van der Waals surface area contributed by atoms with Crippen LogP contribution in [0.25, 0.3) is 0 Å². The number of hydrogen-bond acceptors (Lipinski definition) is 3. The maximum absolute atomic E-state index is 12.4. The van der Waals surface area contributed by atoms with Crippen LogP contribution >= 0.6 is 34.8 Å². The van der Waals surface area contributed by atoms with Crippen LogP contribution in [0.15, 0.2) is 42.5 Å². The highest BCUT2D eigenvalue weighted by molar-refractivity contribution is 6.42. The molecule has 2 heterocycles. The third-order valence-corrected chi connectivity index (χ3v) is 7.11. The van der Waals surface area contributed by atoms with Gasteiger partial charge in [-0.1, -0.05) is 46.9 Å². The predicted molar refractivity (Wildman–Crippen MR) is 124 cm³/mol. The third kappa shape index (κ3) is 5.53. The van der Waals surface area contributed by atoms with Gasteiger partial charge in [-0.15, -0.1) is 0 Å². The van der Waals surface area contributed by atoms with Crippen molar-refractivity contribution < 1.29 is 9.59 Å². The molecule has 164 valence electrons. The van der Waals surface area contributed by atoms with E-state index in [1.54, 1.807) is 12.1 Å². The van der Waals surface area contributed by atoms with Gasteiger partial charge >= 0.3 is 0 Å². The molecule has 0 unspecified atom stereocenters. The molecule has 3 atom stereocenters. The van der Waals surface area contributed by atoms with Crippen molar-refractivity contribution in [2.75, 3.05) is 6.54 Å². The van der Waals surface area contributed by atoms with Crippen LogP contribution in [-0.2, 0) is 11.3 Å². The van der Waals surface area contributed by atoms with Gasteiger partial charge in [-0.25, -0.2) is 0 Å². The predicted octanol–water partition coefficient (Wildman–Crippen LogP) is 4.69. The third-order valence-electron chi connectivity index (χ3n) is 6.12. The van der Waals surface area contributed by atoms with Crippen LogP contribution in [0.5, 0.6) is 0 Å². The summed E-state index contributed by atoms with van der Waals surface area (Å²) in [7, 11) is 0. The van der Waals surface area contributed by atoms with E-state index in [9.17, 15) is 9.59 Å². The lowest BCUT2D eigenvalue weighted by Gasteiger charge is -2.39. The zero-order valence-corrected chi connectivity index (χ0v) is 19.2. The fraction of sp³-hybridized carbons (Fsp3) is 0.391. The molecule has 2 aliphatic rings. The number of nitrogens with one attached hydrogen (secondary N) is 2. The van der Waals surface area contributed by atoms with E-state index in [2.05, 4.69) is 27.7 Å². The van der Waals surface area contributed by atoms with Crippen LogP contribution in [0.2, 0.25) is 15.1 Å². The molecule has 0 saturated carbocycles. The Balaban J connectivity index is 1.26. The van der Waals surface area contributed by atoms with Gasteiger partial charge in [0.15, 0.2) is 0 Å². The van der Waals surface area contributed by atoms with Crippen molar-refractivity contribution in [3.63, 3.8) is 0 Å². The molecule has 2 saturated heterocycles. The molecular formula is C23H24Cl3N3O2. The van der Waals surface area contributed by atoms with Crippen LogP contribution in [-0.4, -0.2) is 41.4 Å². The maximum atomic E-state index is 12.4. The highest BCUT2D eigenvalue weighted by atomic mass is 35.5. The molecule has 0 spiro atoms. The van der Waals surface area contributed by atoms with E-state index >= 15 is 0 Å². The molecule has 5 nitrogen and oxygen atoms in total.